The Balaban J connectivity index is 2.24. The fourth-order valence-corrected chi connectivity index (χ4v) is 2.47. The van der Waals surface area contributed by atoms with Gasteiger partial charge in [0.1, 0.15) is 0 Å². The molecule has 4 N–H and O–H groups in total. The molecule has 0 saturated carbocycles. The third-order valence-corrected chi connectivity index (χ3v) is 3.34. The largest absolute Gasteiger partial charge is 0.399 e. The van der Waals surface area contributed by atoms with Gasteiger partial charge in [-0.25, -0.2) is 0 Å². The molecule has 16 heavy (non-hydrogen) atoms. The summed E-state index contributed by atoms with van der Waals surface area (Å²) in [6.07, 6.45) is 0.305. The van der Waals surface area contributed by atoms with Gasteiger partial charge in [0.05, 0.1) is 6.42 Å². The van der Waals surface area contributed by atoms with E-state index in [0.717, 1.165) is 21.0 Å². The van der Waals surface area contributed by atoms with Crippen LogP contribution in [0.3, 0.4) is 0 Å². The maximum atomic E-state index is 10.8. The molecule has 0 aliphatic carbocycles. The van der Waals surface area contributed by atoms with E-state index in [1.54, 1.807) is 11.3 Å². The molecule has 2 rings (SSSR count). The Labute approximate surface area is 97.7 Å². The lowest BCUT2D eigenvalue weighted by Crippen LogP contribution is -2.12. The van der Waals surface area contributed by atoms with Crippen molar-refractivity contribution < 1.29 is 4.79 Å². The first-order valence-electron chi connectivity index (χ1n) is 4.88. The first-order valence-corrected chi connectivity index (χ1v) is 5.70. The third-order valence-electron chi connectivity index (χ3n) is 2.21. The lowest BCUT2D eigenvalue weighted by molar-refractivity contribution is -0.117. The molecule has 1 aromatic carbocycles. The predicted molar refractivity (Wildman–Crippen MR) is 67.1 cm³/mol. The maximum absolute atomic E-state index is 10.8. The van der Waals surface area contributed by atoms with Gasteiger partial charge in [0.25, 0.3) is 0 Å². The molecule has 4 heteroatoms. The molecule has 0 aliphatic rings. The zero-order chi connectivity index (χ0) is 11.5. The van der Waals surface area contributed by atoms with Gasteiger partial charge in [0.2, 0.25) is 5.91 Å². The van der Waals surface area contributed by atoms with Crippen molar-refractivity contribution in [1.29, 1.82) is 0 Å². The van der Waals surface area contributed by atoms with E-state index in [9.17, 15) is 4.79 Å². The number of nitrogens with two attached hydrogens (primary N) is 2. The van der Waals surface area contributed by atoms with Crippen LogP contribution in [0, 0.1) is 0 Å². The Kier molecular flexibility index (Phi) is 2.92. The van der Waals surface area contributed by atoms with Gasteiger partial charge in [-0.05, 0) is 29.8 Å². The second-order valence-corrected chi connectivity index (χ2v) is 4.70. The van der Waals surface area contributed by atoms with E-state index in [0.29, 0.717) is 6.42 Å². The van der Waals surface area contributed by atoms with Crippen LogP contribution in [0.5, 0.6) is 0 Å². The Morgan fingerprint density at radius 1 is 1.12 bits per heavy atom. The summed E-state index contributed by atoms with van der Waals surface area (Å²) in [5.74, 6) is -0.300. The van der Waals surface area contributed by atoms with Crippen molar-refractivity contribution in [2.75, 3.05) is 5.73 Å². The van der Waals surface area contributed by atoms with E-state index in [1.165, 1.54) is 0 Å². The second-order valence-electron chi connectivity index (χ2n) is 3.53. The van der Waals surface area contributed by atoms with Crippen LogP contribution in [-0.4, -0.2) is 5.91 Å². The summed E-state index contributed by atoms with van der Waals surface area (Å²) in [5.41, 5.74) is 12.6. The number of hydrogen-bond donors (Lipinski definition) is 2. The van der Waals surface area contributed by atoms with Crippen LogP contribution in [-0.2, 0) is 11.2 Å². The Hall–Kier alpha value is -1.81. The molecule has 0 aliphatic heterocycles. The predicted octanol–water partition coefficient (Wildman–Crippen LogP) is 2.03. The molecule has 0 radical (unpaired) electrons. The standard InChI is InChI=1S/C12H12N2OS/c13-9-3-1-8(2-4-9)11-6-5-10(16-11)7-12(14)15/h1-6H,7,13H2,(H2,14,15). The lowest BCUT2D eigenvalue weighted by Gasteiger charge is -1.97. The summed E-state index contributed by atoms with van der Waals surface area (Å²) >= 11 is 1.58. The highest BCUT2D eigenvalue weighted by atomic mass is 32.1. The van der Waals surface area contributed by atoms with Gasteiger partial charge in [-0.3, -0.25) is 4.79 Å². The van der Waals surface area contributed by atoms with Crippen LogP contribution in [0.1, 0.15) is 4.88 Å². The molecule has 0 fully saturated rings. The number of primary amides is 1. The van der Waals surface area contributed by atoms with Crippen LogP contribution < -0.4 is 11.5 Å². The van der Waals surface area contributed by atoms with Crippen LogP contribution in [0.25, 0.3) is 10.4 Å². The number of amides is 1. The molecule has 0 saturated heterocycles. The van der Waals surface area contributed by atoms with Crippen molar-refractivity contribution >= 4 is 22.9 Å². The first-order chi connectivity index (χ1) is 7.65. The number of carbonyl (C=O) groups excluding carboxylic acids is 1. The number of benzene rings is 1. The second kappa shape index (κ2) is 4.37. The van der Waals surface area contributed by atoms with Crippen molar-refractivity contribution in [3.05, 3.63) is 41.3 Å². The number of carbonyl (C=O) groups is 1. The van der Waals surface area contributed by atoms with E-state index in [1.807, 2.05) is 36.4 Å². The van der Waals surface area contributed by atoms with E-state index < -0.39 is 0 Å². The molecule has 3 nitrogen and oxygen atoms in total. The minimum atomic E-state index is -0.300. The minimum Gasteiger partial charge on any atom is -0.399 e. The SMILES string of the molecule is NC(=O)Cc1ccc(-c2ccc(N)cc2)s1. The fourth-order valence-electron chi connectivity index (χ4n) is 1.45. The summed E-state index contributed by atoms with van der Waals surface area (Å²) < 4.78 is 0. The highest BCUT2D eigenvalue weighted by molar-refractivity contribution is 7.15. The number of anilines is 1. The number of hydrogen-bond acceptors (Lipinski definition) is 3. The van der Waals surface area contributed by atoms with Crippen molar-refractivity contribution in [1.82, 2.24) is 0 Å². The summed E-state index contributed by atoms with van der Waals surface area (Å²) in [6, 6.07) is 11.6. The van der Waals surface area contributed by atoms with Crippen molar-refractivity contribution in [2.24, 2.45) is 5.73 Å². The van der Waals surface area contributed by atoms with Gasteiger partial charge in [-0.2, -0.15) is 0 Å². The normalized spacial score (nSPS) is 10.2. The average Bonchev–Trinajstić information content (AvgIpc) is 2.66. The quantitative estimate of drug-likeness (QED) is 0.795. The molecule has 1 aromatic heterocycles. The summed E-state index contributed by atoms with van der Waals surface area (Å²) in [7, 11) is 0. The maximum Gasteiger partial charge on any atom is 0.222 e. The van der Waals surface area contributed by atoms with Gasteiger partial charge >= 0.3 is 0 Å². The van der Waals surface area contributed by atoms with E-state index >= 15 is 0 Å². The minimum absolute atomic E-state index is 0.300. The van der Waals surface area contributed by atoms with Crippen LogP contribution in [0.2, 0.25) is 0 Å². The Morgan fingerprint density at radius 2 is 1.81 bits per heavy atom. The average molecular weight is 232 g/mol. The first kappa shape index (κ1) is 10.7. The number of thiophene rings is 1. The van der Waals surface area contributed by atoms with Gasteiger partial charge in [-0.15, -0.1) is 11.3 Å². The van der Waals surface area contributed by atoms with E-state index in [4.69, 9.17) is 11.5 Å². The zero-order valence-corrected chi connectivity index (χ0v) is 9.46. The molecule has 0 bridgehead atoms. The highest BCUT2D eigenvalue weighted by Crippen LogP contribution is 2.28. The molecule has 82 valence electrons. The van der Waals surface area contributed by atoms with Gasteiger partial charge in [0.15, 0.2) is 0 Å². The highest BCUT2D eigenvalue weighted by Gasteiger charge is 2.04. The molecule has 0 atom stereocenters. The van der Waals surface area contributed by atoms with Gasteiger partial charge in [-0.1, -0.05) is 12.1 Å². The van der Waals surface area contributed by atoms with E-state index in [-0.39, 0.29) is 5.91 Å². The van der Waals surface area contributed by atoms with Crippen molar-refractivity contribution in [3.8, 4) is 10.4 Å². The van der Waals surface area contributed by atoms with Crippen LogP contribution in [0.15, 0.2) is 36.4 Å². The molecule has 2 aromatic rings. The molecular formula is C12H12N2OS. The summed E-state index contributed by atoms with van der Waals surface area (Å²) in [5, 5.41) is 0. The van der Waals surface area contributed by atoms with Crippen LogP contribution in [0.4, 0.5) is 5.69 Å². The molecular weight excluding hydrogens is 220 g/mol. The van der Waals surface area contributed by atoms with Crippen LogP contribution >= 0.6 is 11.3 Å². The van der Waals surface area contributed by atoms with Gasteiger partial charge in [0, 0.05) is 15.4 Å². The topological polar surface area (TPSA) is 69.1 Å². The lowest BCUT2D eigenvalue weighted by atomic mass is 10.2. The zero-order valence-electron chi connectivity index (χ0n) is 8.64. The summed E-state index contributed by atoms with van der Waals surface area (Å²) in [6.45, 7) is 0. The smallest absolute Gasteiger partial charge is 0.222 e. The van der Waals surface area contributed by atoms with Crippen molar-refractivity contribution in [2.45, 2.75) is 6.42 Å². The van der Waals surface area contributed by atoms with Crippen molar-refractivity contribution in [3.63, 3.8) is 0 Å². The number of rotatable bonds is 3. The summed E-state index contributed by atoms with van der Waals surface area (Å²) in [4.78, 5) is 12.9. The Bertz CT molecular complexity index is 502. The number of nitrogen functional groups attached to an aromatic ring is 1. The molecule has 1 heterocycles. The van der Waals surface area contributed by atoms with Gasteiger partial charge < -0.3 is 11.5 Å². The molecule has 1 amide bonds. The van der Waals surface area contributed by atoms with E-state index in [2.05, 4.69) is 0 Å². The monoisotopic (exact) mass is 232 g/mol. The molecule has 0 unspecified atom stereocenters. The Morgan fingerprint density at radius 3 is 2.44 bits per heavy atom. The third kappa shape index (κ3) is 2.41. The molecule has 0 spiro atoms. The fraction of sp³-hybridized carbons (Fsp3) is 0.0833.